The summed E-state index contributed by atoms with van der Waals surface area (Å²) in [5.41, 5.74) is 7.79. The number of rotatable bonds is 1. The molecule has 2 N–H and O–H groups in total. The zero-order valence-electron chi connectivity index (χ0n) is 10.5. The summed E-state index contributed by atoms with van der Waals surface area (Å²) in [4.78, 5) is 13.6. The molecule has 94 valence electrons. The third kappa shape index (κ3) is 2.36. The largest absolute Gasteiger partial charge is 0.337 e. The first-order chi connectivity index (χ1) is 8.63. The van der Waals surface area contributed by atoms with E-state index in [0.717, 1.165) is 18.4 Å². The number of nitriles is 1. The molecule has 1 amide bonds. The molecule has 4 heteroatoms. The maximum absolute atomic E-state index is 11.9. The van der Waals surface area contributed by atoms with Crippen LogP contribution >= 0.6 is 0 Å². The van der Waals surface area contributed by atoms with Crippen LogP contribution in [0.15, 0.2) is 24.3 Å². The fourth-order valence-electron chi connectivity index (χ4n) is 2.49. The molecular formula is C14H17N3O. The Morgan fingerprint density at radius 3 is 2.67 bits per heavy atom. The lowest BCUT2D eigenvalue weighted by molar-refractivity contribution is -0.131. The highest BCUT2D eigenvalue weighted by Gasteiger charge is 2.30. The summed E-state index contributed by atoms with van der Waals surface area (Å²) in [5.74, 6) is 0.136. The molecule has 1 heterocycles. The van der Waals surface area contributed by atoms with Gasteiger partial charge >= 0.3 is 0 Å². The monoisotopic (exact) mass is 243 g/mol. The number of benzene rings is 1. The summed E-state index contributed by atoms with van der Waals surface area (Å²) in [5, 5.41) is 8.79. The Bertz CT molecular complexity index is 475. The van der Waals surface area contributed by atoms with Crippen molar-refractivity contribution in [1.82, 2.24) is 4.90 Å². The van der Waals surface area contributed by atoms with Gasteiger partial charge in [-0.05, 0) is 30.5 Å². The number of carbonyl (C=O) groups is 1. The number of likely N-dealkylation sites (N-methyl/N-ethyl adjacent to an activating group) is 1. The predicted molar refractivity (Wildman–Crippen MR) is 68.5 cm³/mol. The average molecular weight is 243 g/mol. The summed E-state index contributed by atoms with van der Waals surface area (Å²) < 4.78 is 0. The number of hydrogen-bond donors (Lipinski definition) is 1. The van der Waals surface area contributed by atoms with Crippen LogP contribution in [-0.4, -0.2) is 23.9 Å². The van der Waals surface area contributed by atoms with Crippen molar-refractivity contribution in [2.45, 2.75) is 31.3 Å². The maximum atomic E-state index is 11.9. The summed E-state index contributed by atoms with van der Waals surface area (Å²) >= 11 is 0. The lowest BCUT2D eigenvalue weighted by Gasteiger charge is -2.30. The normalized spacial score (nSPS) is 24.5. The zero-order chi connectivity index (χ0) is 13.1. The van der Waals surface area contributed by atoms with Crippen molar-refractivity contribution < 1.29 is 4.79 Å². The Morgan fingerprint density at radius 2 is 2.06 bits per heavy atom. The van der Waals surface area contributed by atoms with E-state index in [1.54, 1.807) is 24.1 Å². The lowest BCUT2D eigenvalue weighted by Crippen LogP contribution is -2.39. The van der Waals surface area contributed by atoms with Gasteiger partial charge in [0.2, 0.25) is 5.91 Å². The predicted octanol–water partition coefficient (Wildman–Crippen LogP) is 1.57. The highest BCUT2D eigenvalue weighted by Crippen LogP contribution is 2.28. The third-order valence-corrected chi connectivity index (χ3v) is 3.53. The molecular weight excluding hydrogens is 226 g/mol. The fraction of sp³-hybridized carbons (Fsp3) is 0.429. The minimum absolute atomic E-state index is 0.0469. The molecule has 2 rings (SSSR count). The van der Waals surface area contributed by atoms with E-state index in [-0.39, 0.29) is 18.0 Å². The minimum atomic E-state index is -0.0901. The van der Waals surface area contributed by atoms with Gasteiger partial charge in [0.1, 0.15) is 0 Å². The number of hydrogen-bond acceptors (Lipinski definition) is 3. The molecule has 1 aromatic rings. The van der Waals surface area contributed by atoms with Crippen molar-refractivity contribution >= 4 is 5.91 Å². The van der Waals surface area contributed by atoms with Gasteiger partial charge in [-0.3, -0.25) is 4.79 Å². The Balaban J connectivity index is 2.32. The Morgan fingerprint density at radius 1 is 1.39 bits per heavy atom. The van der Waals surface area contributed by atoms with Crippen molar-refractivity contribution in [3.05, 3.63) is 35.4 Å². The first-order valence-electron chi connectivity index (χ1n) is 6.15. The molecule has 2 atom stereocenters. The highest BCUT2D eigenvalue weighted by atomic mass is 16.2. The standard InChI is InChI=1S/C14H17N3O/c1-17-13(18)4-2-3-12(16)14(17)11-7-5-10(9-15)6-8-11/h5-8,12,14H,2-4,16H2,1H3. The second kappa shape index (κ2) is 5.19. The van der Waals surface area contributed by atoms with Crippen molar-refractivity contribution in [2.75, 3.05) is 7.05 Å². The van der Waals surface area contributed by atoms with E-state index in [9.17, 15) is 4.79 Å². The first-order valence-corrected chi connectivity index (χ1v) is 6.15. The summed E-state index contributed by atoms with van der Waals surface area (Å²) in [6, 6.07) is 9.26. The molecule has 0 aromatic heterocycles. The molecule has 0 bridgehead atoms. The van der Waals surface area contributed by atoms with Crippen molar-refractivity contribution in [1.29, 1.82) is 5.26 Å². The minimum Gasteiger partial charge on any atom is -0.337 e. The van der Waals surface area contributed by atoms with Crippen LogP contribution in [0.25, 0.3) is 0 Å². The van der Waals surface area contributed by atoms with Crippen LogP contribution in [-0.2, 0) is 4.79 Å². The first kappa shape index (κ1) is 12.6. The van der Waals surface area contributed by atoms with Gasteiger partial charge in [0, 0.05) is 19.5 Å². The molecule has 0 aliphatic carbocycles. The van der Waals surface area contributed by atoms with Gasteiger partial charge in [-0.15, -0.1) is 0 Å². The SMILES string of the molecule is CN1C(=O)CCCC(N)C1c1ccc(C#N)cc1. The second-order valence-corrected chi connectivity index (χ2v) is 4.74. The molecule has 1 aliphatic heterocycles. The van der Waals surface area contributed by atoms with Crippen LogP contribution in [0.4, 0.5) is 0 Å². The van der Waals surface area contributed by atoms with E-state index >= 15 is 0 Å². The Hall–Kier alpha value is -1.86. The summed E-state index contributed by atoms with van der Waals surface area (Å²) in [6.45, 7) is 0. The van der Waals surface area contributed by atoms with Gasteiger partial charge in [0.25, 0.3) is 0 Å². The lowest BCUT2D eigenvalue weighted by atomic mass is 9.96. The van der Waals surface area contributed by atoms with Gasteiger partial charge in [-0.25, -0.2) is 0 Å². The molecule has 1 saturated heterocycles. The molecule has 1 fully saturated rings. The molecule has 4 nitrogen and oxygen atoms in total. The highest BCUT2D eigenvalue weighted by molar-refractivity contribution is 5.76. The second-order valence-electron chi connectivity index (χ2n) is 4.74. The van der Waals surface area contributed by atoms with Crippen LogP contribution in [0.2, 0.25) is 0 Å². The molecule has 0 saturated carbocycles. The van der Waals surface area contributed by atoms with Crippen molar-refractivity contribution in [2.24, 2.45) is 5.73 Å². The number of nitrogens with zero attached hydrogens (tertiary/aromatic N) is 2. The van der Waals surface area contributed by atoms with Crippen LogP contribution in [0.3, 0.4) is 0 Å². The van der Waals surface area contributed by atoms with E-state index in [4.69, 9.17) is 11.0 Å². The number of amides is 1. The van der Waals surface area contributed by atoms with Crippen molar-refractivity contribution in [3.63, 3.8) is 0 Å². The van der Waals surface area contributed by atoms with Crippen LogP contribution in [0.5, 0.6) is 0 Å². The van der Waals surface area contributed by atoms with Gasteiger partial charge in [0.05, 0.1) is 17.7 Å². The average Bonchev–Trinajstić information content (AvgIpc) is 2.50. The summed E-state index contributed by atoms with van der Waals surface area (Å²) in [7, 11) is 1.80. The number of nitrogens with two attached hydrogens (primary N) is 1. The Labute approximate surface area is 107 Å². The topological polar surface area (TPSA) is 70.1 Å². The summed E-state index contributed by atoms with van der Waals surface area (Å²) in [6.07, 6.45) is 2.26. The molecule has 0 radical (unpaired) electrons. The molecule has 1 aromatic carbocycles. The van der Waals surface area contributed by atoms with Crippen LogP contribution in [0, 0.1) is 11.3 Å². The van der Waals surface area contributed by atoms with E-state index in [2.05, 4.69) is 6.07 Å². The smallest absolute Gasteiger partial charge is 0.222 e. The number of carbonyl (C=O) groups excluding carboxylic acids is 1. The quantitative estimate of drug-likeness (QED) is 0.813. The number of likely N-dealkylation sites (tertiary alicyclic amines) is 1. The van der Waals surface area contributed by atoms with Gasteiger partial charge < -0.3 is 10.6 Å². The van der Waals surface area contributed by atoms with E-state index in [1.807, 2.05) is 12.1 Å². The fourth-order valence-corrected chi connectivity index (χ4v) is 2.49. The molecule has 18 heavy (non-hydrogen) atoms. The van der Waals surface area contributed by atoms with Crippen LogP contribution in [0.1, 0.15) is 36.4 Å². The third-order valence-electron chi connectivity index (χ3n) is 3.53. The van der Waals surface area contributed by atoms with E-state index in [0.29, 0.717) is 12.0 Å². The van der Waals surface area contributed by atoms with E-state index in [1.165, 1.54) is 0 Å². The zero-order valence-corrected chi connectivity index (χ0v) is 10.5. The van der Waals surface area contributed by atoms with Gasteiger partial charge in [-0.1, -0.05) is 12.1 Å². The maximum Gasteiger partial charge on any atom is 0.222 e. The molecule has 2 unspecified atom stereocenters. The van der Waals surface area contributed by atoms with Gasteiger partial charge in [0.15, 0.2) is 0 Å². The molecule has 0 spiro atoms. The van der Waals surface area contributed by atoms with Gasteiger partial charge in [-0.2, -0.15) is 5.26 Å². The van der Waals surface area contributed by atoms with E-state index < -0.39 is 0 Å². The van der Waals surface area contributed by atoms with Crippen LogP contribution < -0.4 is 5.73 Å². The Kier molecular flexibility index (Phi) is 3.63. The van der Waals surface area contributed by atoms with Crippen molar-refractivity contribution in [3.8, 4) is 6.07 Å². The molecule has 1 aliphatic rings.